The van der Waals surface area contributed by atoms with Gasteiger partial charge in [-0.05, 0) is 56.1 Å². The Bertz CT molecular complexity index is 567. The maximum atomic E-state index is 11.8. The first-order chi connectivity index (χ1) is 11.2. The third-order valence-corrected chi connectivity index (χ3v) is 5.28. The topological polar surface area (TPSA) is 50.4 Å². The lowest BCUT2D eigenvalue weighted by Gasteiger charge is -2.39. The van der Waals surface area contributed by atoms with Gasteiger partial charge in [-0.25, -0.2) is 4.79 Å². The van der Waals surface area contributed by atoms with Crippen molar-refractivity contribution < 1.29 is 9.53 Å². The molecule has 1 unspecified atom stereocenters. The van der Waals surface area contributed by atoms with Crippen LogP contribution < -0.4 is 10.6 Å². The van der Waals surface area contributed by atoms with Gasteiger partial charge >= 0.3 is 6.09 Å². The van der Waals surface area contributed by atoms with Crippen LogP contribution >= 0.6 is 11.8 Å². The molecule has 1 heterocycles. The van der Waals surface area contributed by atoms with Crippen molar-refractivity contribution in [2.45, 2.75) is 59.2 Å². The summed E-state index contributed by atoms with van der Waals surface area (Å²) in [7, 11) is 0. The molecule has 0 radical (unpaired) electrons. The maximum absolute atomic E-state index is 11.8. The summed E-state index contributed by atoms with van der Waals surface area (Å²) in [6.45, 7) is 10.7. The minimum atomic E-state index is -0.474. The molecular formula is C19H30N2O2S. The number of rotatable bonds is 4. The zero-order valence-electron chi connectivity index (χ0n) is 15.4. The van der Waals surface area contributed by atoms with Crippen LogP contribution in [0.5, 0.6) is 0 Å². The smallest absolute Gasteiger partial charge is 0.407 e. The standard InChI is InChI=1S/C19H30N2O2S/c1-18(2,3)23-17(22)20-12-14-7-6-8-15(11-14)21-16-13-24-10-9-19(16,4)5/h6-8,11,16,21H,9-10,12-13H2,1-5H3,(H,20,22). The van der Waals surface area contributed by atoms with Gasteiger partial charge < -0.3 is 15.4 Å². The summed E-state index contributed by atoms with van der Waals surface area (Å²) < 4.78 is 5.27. The van der Waals surface area contributed by atoms with Gasteiger partial charge in [-0.15, -0.1) is 0 Å². The number of hydrogen-bond acceptors (Lipinski definition) is 4. The molecule has 1 atom stereocenters. The summed E-state index contributed by atoms with van der Waals surface area (Å²) in [6.07, 6.45) is 0.848. The molecule has 0 bridgehead atoms. The number of carbonyl (C=O) groups excluding carboxylic acids is 1. The van der Waals surface area contributed by atoms with E-state index in [0.29, 0.717) is 18.0 Å². The van der Waals surface area contributed by atoms with E-state index in [9.17, 15) is 4.79 Å². The van der Waals surface area contributed by atoms with E-state index in [1.54, 1.807) is 0 Å². The summed E-state index contributed by atoms with van der Waals surface area (Å²) in [6, 6.07) is 8.70. The van der Waals surface area contributed by atoms with Crippen LogP contribution in [0, 0.1) is 5.41 Å². The number of nitrogens with one attached hydrogen (secondary N) is 2. The van der Waals surface area contributed by atoms with E-state index in [4.69, 9.17) is 4.74 Å². The van der Waals surface area contributed by atoms with E-state index in [-0.39, 0.29) is 6.09 Å². The number of amides is 1. The van der Waals surface area contributed by atoms with Crippen LogP contribution in [0.3, 0.4) is 0 Å². The molecule has 1 aliphatic rings. The lowest BCUT2D eigenvalue weighted by molar-refractivity contribution is 0.0523. The van der Waals surface area contributed by atoms with Crippen molar-refractivity contribution in [3.8, 4) is 0 Å². The molecular weight excluding hydrogens is 320 g/mol. The normalized spacial score (nSPS) is 20.3. The van der Waals surface area contributed by atoms with Gasteiger partial charge in [0.2, 0.25) is 0 Å². The largest absolute Gasteiger partial charge is 0.444 e. The third kappa shape index (κ3) is 5.93. The molecule has 1 aromatic rings. The van der Waals surface area contributed by atoms with Gasteiger partial charge in [-0.3, -0.25) is 0 Å². The van der Waals surface area contributed by atoms with Crippen LogP contribution in [-0.4, -0.2) is 29.2 Å². The average Bonchev–Trinajstić information content (AvgIpc) is 2.46. The predicted molar refractivity (Wildman–Crippen MR) is 103 cm³/mol. The number of thioether (sulfide) groups is 1. The highest BCUT2D eigenvalue weighted by Gasteiger charge is 2.32. The summed E-state index contributed by atoms with van der Waals surface area (Å²) >= 11 is 2.01. The summed E-state index contributed by atoms with van der Waals surface area (Å²) in [4.78, 5) is 11.8. The quantitative estimate of drug-likeness (QED) is 0.829. The fourth-order valence-corrected chi connectivity index (χ4v) is 4.24. The highest BCUT2D eigenvalue weighted by atomic mass is 32.2. The average molecular weight is 351 g/mol. The third-order valence-electron chi connectivity index (χ3n) is 4.22. The second-order valence-corrected chi connectivity index (χ2v) is 9.22. The Morgan fingerprint density at radius 1 is 1.38 bits per heavy atom. The van der Waals surface area contributed by atoms with Crippen molar-refractivity contribution in [3.63, 3.8) is 0 Å². The van der Waals surface area contributed by atoms with Crippen LogP contribution in [0.4, 0.5) is 10.5 Å². The van der Waals surface area contributed by atoms with Crippen LogP contribution in [0.1, 0.15) is 46.6 Å². The number of hydrogen-bond donors (Lipinski definition) is 2. The van der Waals surface area contributed by atoms with E-state index in [0.717, 1.165) is 17.0 Å². The first-order valence-corrected chi connectivity index (χ1v) is 9.71. The second-order valence-electron chi connectivity index (χ2n) is 8.07. The molecule has 0 aliphatic carbocycles. The Hall–Kier alpha value is -1.36. The Morgan fingerprint density at radius 2 is 2.12 bits per heavy atom. The summed E-state index contributed by atoms with van der Waals surface area (Å²) in [5, 5.41) is 6.48. The van der Waals surface area contributed by atoms with E-state index in [1.807, 2.05) is 44.7 Å². The first-order valence-electron chi connectivity index (χ1n) is 8.56. The number of carbonyl (C=O) groups is 1. The van der Waals surface area contributed by atoms with Gasteiger partial charge in [0.05, 0.1) is 0 Å². The molecule has 134 valence electrons. The number of anilines is 1. The molecule has 5 heteroatoms. The number of ether oxygens (including phenoxy) is 1. The van der Waals surface area contributed by atoms with Crippen LogP contribution in [0.25, 0.3) is 0 Å². The molecule has 4 nitrogen and oxygen atoms in total. The maximum Gasteiger partial charge on any atom is 0.407 e. The van der Waals surface area contributed by atoms with Crippen LogP contribution in [-0.2, 0) is 11.3 Å². The van der Waals surface area contributed by atoms with Crippen LogP contribution in [0.2, 0.25) is 0 Å². The summed E-state index contributed by atoms with van der Waals surface area (Å²) in [5.74, 6) is 2.37. The van der Waals surface area contributed by atoms with Crippen molar-refractivity contribution >= 4 is 23.5 Å². The monoisotopic (exact) mass is 350 g/mol. The second kappa shape index (κ2) is 7.68. The molecule has 24 heavy (non-hydrogen) atoms. The fraction of sp³-hybridized carbons (Fsp3) is 0.632. The Labute approximate surface area is 150 Å². The molecule has 0 aromatic heterocycles. The van der Waals surface area contributed by atoms with Crippen molar-refractivity contribution in [1.82, 2.24) is 5.32 Å². The SMILES string of the molecule is CC(C)(C)OC(=O)NCc1cccc(NC2CSCCC2(C)C)c1. The Morgan fingerprint density at radius 3 is 2.79 bits per heavy atom. The number of benzene rings is 1. The Kier molecular flexibility index (Phi) is 6.07. The highest BCUT2D eigenvalue weighted by Crippen LogP contribution is 2.36. The Balaban J connectivity index is 1.93. The van der Waals surface area contributed by atoms with Crippen molar-refractivity contribution in [3.05, 3.63) is 29.8 Å². The predicted octanol–water partition coefficient (Wildman–Crippen LogP) is 4.65. The van der Waals surface area contributed by atoms with E-state index >= 15 is 0 Å². The zero-order chi connectivity index (χ0) is 17.8. The molecule has 2 N–H and O–H groups in total. The summed E-state index contributed by atoms with van der Waals surface area (Å²) in [5.41, 5.74) is 2.00. The van der Waals surface area contributed by atoms with Gasteiger partial charge in [-0.2, -0.15) is 11.8 Å². The van der Waals surface area contributed by atoms with Gasteiger partial charge in [0.15, 0.2) is 0 Å². The molecule has 0 spiro atoms. The lowest BCUT2D eigenvalue weighted by Crippen LogP contribution is -2.41. The van der Waals surface area contributed by atoms with Gasteiger partial charge in [0.25, 0.3) is 0 Å². The van der Waals surface area contributed by atoms with Gasteiger partial charge in [-0.1, -0.05) is 26.0 Å². The van der Waals surface area contributed by atoms with E-state index < -0.39 is 5.60 Å². The number of alkyl carbamates (subject to hydrolysis) is 1. The van der Waals surface area contributed by atoms with E-state index in [1.165, 1.54) is 12.2 Å². The fourth-order valence-electron chi connectivity index (χ4n) is 2.63. The van der Waals surface area contributed by atoms with Crippen molar-refractivity contribution in [2.75, 3.05) is 16.8 Å². The van der Waals surface area contributed by atoms with Crippen molar-refractivity contribution in [2.24, 2.45) is 5.41 Å². The van der Waals surface area contributed by atoms with Crippen LogP contribution in [0.15, 0.2) is 24.3 Å². The van der Waals surface area contributed by atoms with Gasteiger partial charge in [0.1, 0.15) is 5.60 Å². The molecule has 1 fully saturated rings. The lowest BCUT2D eigenvalue weighted by atomic mass is 9.82. The molecule has 1 aromatic carbocycles. The van der Waals surface area contributed by atoms with Crippen molar-refractivity contribution in [1.29, 1.82) is 0 Å². The molecule has 1 saturated heterocycles. The van der Waals surface area contributed by atoms with Gasteiger partial charge in [0, 0.05) is 24.0 Å². The minimum Gasteiger partial charge on any atom is -0.444 e. The first kappa shape index (κ1) is 19.0. The highest BCUT2D eigenvalue weighted by molar-refractivity contribution is 7.99. The van der Waals surface area contributed by atoms with E-state index in [2.05, 4.69) is 36.6 Å². The zero-order valence-corrected chi connectivity index (χ0v) is 16.3. The molecule has 2 rings (SSSR count). The molecule has 1 aliphatic heterocycles. The molecule has 1 amide bonds. The molecule has 0 saturated carbocycles. The minimum absolute atomic E-state index is 0.302.